The molecule has 1 saturated carbocycles. The molecule has 1 aliphatic heterocycles. The number of rotatable bonds is 3. The van der Waals surface area contributed by atoms with Crippen molar-refractivity contribution in [1.82, 2.24) is 24.7 Å². The minimum absolute atomic E-state index is 0.572. The topological polar surface area (TPSA) is 59.7 Å². The van der Waals surface area contributed by atoms with Crippen LogP contribution in [0.2, 0.25) is 0 Å². The van der Waals surface area contributed by atoms with Gasteiger partial charge in [-0.3, -0.25) is 0 Å². The summed E-state index contributed by atoms with van der Waals surface area (Å²) < 4.78 is 2.22. The highest BCUT2D eigenvalue weighted by molar-refractivity contribution is 5.55. The van der Waals surface area contributed by atoms with E-state index in [9.17, 15) is 0 Å². The van der Waals surface area contributed by atoms with Crippen molar-refractivity contribution < 1.29 is 0 Å². The highest BCUT2D eigenvalue weighted by Gasteiger charge is 2.28. The van der Waals surface area contributed by atoms with Gasteiger partial charge in [0.2, 0.25) is 0 Å². The Hall–Kier alpha value is -2.76. The van der Waals surface area contributed by atoms with Crippen molar-refractivity contribution in [3.05, 3.63) is 54.2 Å². The normalized spacial score (nSPS) is 16.9. The van der Waals surface area contributed by atoms with Crippen LogP contribution in [0.3, 0.4) is 0 Å². The van der Waals surface area contributed by atoms with Gasteiger partial charge in [0, 0.05) is 30.8 Å². The third kappa shape index (κ3) is 2.35. The molecular weight excluding hydrogens is 300 g/mol. The van der Waals surface area contributed by atoms with Gasteiger partial charge in [-0.1, -0.05) is 30.3 Å². The van der Waals surface area contributed by atoms with Crippen LogP contribution in [0.25, 0.3) is 11.4 Å². The molecule has 5 rings (SSSR count). The smallest absolute Gasteiger partial charge is 0.164 e. The number of fused-ring (bicyclic) bond motifs is 1. The van der Waals surface area contributed by atoms with Crippen molar-refractivity contribution in [3.63, 3.8) is 0 Å². The van der Waals surface area contributed by atoms with Gasteiger partial charge < -0.3 is 9.47 Å². The van der Waals surface area contributed by atoms with Gasteiger partial charge in [0.25, 0.3) is 0 Å². The van der Waals surface area contributed by atoms with Crippen LogP contribution in [0, 0.1) is 0 Å². The Bertz CT molecular complexity index is 868. The number of hydrogen-bond donors (Lipinski definition) is 0. The second-order valence-electron chi connectivity index (χ2n) is 6.43. The molecule has 120 valence electrons. The third-order valence-corrected chi connectivity index (χ3v) is 4.71. The second kappa shape index (κ2) is 5.40. The van der Waals surface area contributed by atoms with Crippen LogP contribution >= 0.6 is 0 Å². The molecule has 24 heavy (non-hydrogen) atoms. The zero-order valence-corrected chi connectivity index (χ0v) is 13.3. The molecule has 0 atom stereocenters. The summed E-state index contributed by atoms with van der Waals surface area (Å²) in [4.78, 5) is 11.4. The molecule has 0 radical (unpaired) electrons. The Kier molecular flexibility index (Phi) is 3.07. The van der Waals surface area contributed by atoms with Gasteiger partial charge in [0.05, 0.1) is 6.54 Å². The molecule has 3 aromatic rings. The summed E-state index contributed by atoms with van der Waals surface area (Å²) in [6.45, 7) is 2.52. The number of anilines is 1. The Morgan fingerprint density at radius 2 is 1.83 bits per heavy atom. The van der Waals surface area contributed by atoms with E-state index in [4.69, 9.17) is 4.98 Å². The number of aromatic nitrogens is 5. The third-order valence-electron chi connectivity index (χ3n) is 4.71. The molecule has 2 aliphatic rings. The molecule has 2 aromatic heterocycles. The van der Waals surface area contributed by atoms with Gasteiger partial charge in [0.1, 0.15) is 11.6 Å². The van der Waals surface area contributed by atoms with Crippen molar-refractivity contribution in [2.24, 2.45) is 0 Å². The van der Waals surface area contributed by atoms with Gasteiger partial charge in [-0.2, -0.15) is 0 Å². The van der Waals surface area contributed by atoms with E-state index in [1.165, 1.54) is 12.8 Å². The van der Waals surface area contributed by atoms with Crippen molar-refractivity contribution in [2.45, 2.75) is 31.8 Å². The molecule has 0 saturated heterocycles. The average molecular weight is 318 g/mol. The summed E-state index contributed by atoms with van der Waals surface area (Å²) in [7, 11) is 0. The first-order valence-corrected chi connectivity index (χ1v) is 8.44. The van der Waals surface area contributed by atoms with E-state index in [1.54, 1.807) is 0 Å². The molecule has 0 unspecified atom stereocenters. The summed E-state index contributed by atoms with van der Waals surface area (Å²) in [6, 6.07) is 12.2. The molecule has 0 amide bonds. The van der Waals surface area contributed by atoms with Crippen LogP contribution in [0.1, 0.15) is 30.4 Å². The lowest BCUT2D eigenvalue weighted by molar-refractivity contribution is 0.558. The SMILES string of the molecule is c1ccc(-c2nnc3n2CCN(c2ccnc(C4CC4)n2)C3)cc1. The molecule has 1 aromatic carbocycles. The fourth-order valence-electron chi connectivity index (χ4n) is 3.23. The van der Waals surface area contributed by atoms with Crippen LogP contribution in [-0.4, -0.2) is 31.3 Å². The van der Waals surface area contributed by atoms with E-state index in [-0.39, 0.29) is 0 Å². The van der Waals surface area contributed by atoms with Crippen LogP contribution in [0.4, 0.5) is 5.82 Å². The fourth-order valence-corrected chi connectivity index (χ4v) is 3.23. The molecular formula is C18H18N6. The van der Waals surface area contributed by atoms with Gasteiger partial charge in [-0.25, -0.2) is 9.97 Å². The number of hydrogen-bond acceptors (Lipinski definition) is 5. The summed E-state index contributed by atoms with van der Waals surface area (Å²) in [6.07, 6.45) is 4.32. The van der Waals surface area contributed by atoms with Crippen LogP contribution in [-0.2, 0) is 13.1 Å². The monoisotopic (exact) mass is 318 g/mol. The molecule has 0 spiro atoms. The Labute approximate surface area is 140 Å². The maximum atomic E-state index is 4.75. The maximum Gasteiger partial charge on any atom is 0.164 e. The highest BCUT2D eigenvalue weighted by Crippen LogP contribution is 2.38. The summed E-state index contributed by atoms with van der Waals surface area (Å²) >= 11 is 0. The first-order valence-electron chi connectivity index (χ1n) is 8.44. The minimum atomic E-state index is 0.572. The van der Waals surface area contributed by atoms with Crippen LogP contribution < -0.4 is 4.90 Å². The van der Waals surface area contributed by atoms with Gasteiger partial charge >= 0.3 is 0 Å². The van der Waals surface area contributed by atoms with E-state index in [0.717, 1.165) is 48.5 Å². The first kappa shape index (κ1) is 13.7. The summed E-state index contributed by atoms with van der Waals surface area (Å²) in [5.41, 5.74) is 1.11. The van der Waals surface area contributed by atoms with Crippen molar-refractivity contribution >= 4 is 5.82 Å². The average Bonchev–Trinajstić information content (AvgIpc) is 3.42. The van der Waals surface area contributed by atoms with Gasteiger partial charge in [-0.15, -0.1) is 10.2 Å². The van der Waals surface area contributed by atoms with Crippen molar-refractivity contribution in [2.75, 3.05) is 11.4 Å². The minimum Gasteiger partial charge on any atom is -0.347 e. The van der Waals surface area contributed by atoms with E-state index >= 15 is 0 Å². The van der Waals surface area contributed by atoms with Crippen molar-refractivity contribution in [1.29, 1.82) is 0 Å². The molecule has 1 aliphatic carbocycles. The summed E-state index contributed by atoms with van der Waals surface area (Å²) in [5.74, 6) is 4.51. The Balaban J connectivity index is 1.43. The van der Waals surface area contributed by atoms with E-state index in [0.29, 0.717) is 5.92 Å². The lowest BCUT2D eigenvalue weighted by Gasteiger charge is -2.28. The lowest BCUT2D eigenvalue weighted by atomic mass is 10.2. The summed E-state index contributed by atoms with van der Waals surface area (Å²) in [5, 5.41) is 8.81. The van der Waals surface area contributed by atoms with Crippen LogP contribution in [0.15, 0.2) is 42.6 Å². The molecule has 0 N–H and O–H groups in total. The fraction of sp³-hybridized carbons (Fsp3) is 0.333. The first-order chi connectivity index (χ1) is 11.9. The predicted molar refractivity (Wildman–Crippen MR) is 90.5 cm³/mol. The maximum absolute atomic E-state index is 4.75. The standard InChI is InChI=1S/C18H18N6/c1-2-4-14(5-3-1)18-22-21-16-12-23(10-11-24(16)18)15-8-9-19-17(20-15)13-6-7-13/h1-5,8-9,13H,6-7,10-12H2. The Morgan fingerprint density at radius 1 is 0.958 bits per heavy atom. The van der Waals surface area contributed by atoms with Crippen molar-refractivity contribution in [3.8, 4) is 11.4 Å². The lowest BCUT2D eigenvalue weighted by Crippen LogP contribution is -2.34. The van der Waals surface area contributed by atoms with E-state index < -0.39 is 0 Å². The quantitative estimate of drug-likeness (QED) is 0.743. The molecule has 6 nitrogen and oxygen atoms in total. The van der Waals surface area contributed by atoms with E-state index in [1.807, 2.05) is 30.5 Å². The second-order valence-corrected chi connectivity index (χ2v) is 6.43. The number of benzene rings is 1. The zero-order valence-electron chi connectivity index (χ0n) is 13.3. The predicted octanol–water partition coefficient (Wildman–Crippen LogP) is 2.63. The number of nitrogens with zero attached hydrogens (tertiary/aromatic N) is 6. The van der Waals surface area contributed by atoms with Gasteiger partial charge in [0.15, 0.2) is 11.6 Å². The van der Waals surface area contributed by atoms with E-state index in [2.05, 4.69) is 36.8 Å². The zero-order chi connectivity index (χ0) is 15.9. The molecule has 0 bridgehead atoms. The molecule has 6 heteroatoms. The van der Waals surface area contributed by atoms with Crippen LogP contribution in [0.5, 0.6) is 0 Å². The largest absolute Gasteiger partial charge is 0.347 e. The molecule has 1 fully saturated rings. The van der Waals surface area contributed by atoms with Gasteiger partial charge in [-0.05, 0) is 18.9 Å². The highest BCUT2D eigenvalue weighted by atomic mass is 15.3. The molecule has 3 heterocycles. The Morgan fingerprint density at radius 3 is 2.67 bits per heavy atom.